The van der Waals surface area contributed by atoms with Crippen molar-refractivity contribution in [2.45, 2.75) is 26.0 Å². The normalized spacial score (nSPS) is 25.3. The molecule has 4 heteroatoms. The van der Waals surface area contributed by atoms with Gasteiger partial charge in [-0.2, -0.15) is 0 Å². The molecule has 1 aliphatic heterocycles. The number of nitrogens with zero attached hydrogens (tertiary/aromatic N) is 1. The number of rotatable bonds is 1. The number of morpholine rings is 1. The predicted octanol–water partition coefficient (Wildman–Crippen LogP) is 2.65. The Hall–Kier alpha value is -0.970. The average molecular weight is 248 g/mol. The predicted molar refractivity (Wildman–Crippen MR) is 70.5 cm³/mol. The molecule has 1 saturated heterocycles. The van der Waals surface area contributed by atoms with Crippen LogP contribution in [0.15, 0.2) is 18.2 Å². The third-order valence-corrected chi connectivity index (χ3v) is 4.07. The molecule has 0 radical (unpaired) electrons. The van der Waals surface area contributed by atoms with Crippen molar-refractivity contribution in [1.29, 1.82) is 0 Å². The molecule has 2 aromatic rings. The number of thiazole rings is 1. The highest BCUT2D eigenvalue weighted by Crippen LogP contribution is 2.26. The van der Waals surface area contributed by atoms with Gasteiger partial charge in [0.1, 0.15) is 0 Å². The van der Waals surface area contributed by atoms with Crippen molar-refractivity contribution in [2.24, 2.45) is 0 Å². The monoisotopic (exact) mass is 248 g/mol. The smallest absolute Gasteiger partial charge is 0.0907 e. The lowest BCUT2D eigenvalue weighted by molar-refractivity contribution is 0.0149. The van der Waals surface area contributed by atoms with Crippen molar-refractivity contribution < 1.29 is 4.74 Å². The SMILES string of the molecule is Cc1nc2cc(C3CO[C@H](C)CN3)ccc2s1. The summed E-state index contributed by atoms with van der Waals surface area (Å²) in [5.41, 5.74) is 2.38. The lowest BCUT2D eigenvalue weighted by atomic mass is 10.1. The molecular weight excluding hydrogens is 232 g/mol. The van der Waals surface area contributed by atoms with Crippen LogP contribution < -0.4 is 5.32 Å². The fraction of sp³-hybridized carbons (Fsp3) is 0.462. The molecule has 1 N–H and O–H groups in total. The van der Waals surface area contributed by atoms with Crippen molar-refractivity contribution in [3.63, 3.8) is 0 Å². The molecule has 1 fully saturated rings. The number of hydrogen-bond donors (Lipinski definition) is 1. The minimum atomic E-state index is 0.303. The second-order valence-corrected chi connectivity index (χ2v) is 5.80. The number of aryl methyl sites for hydroxylation is 1. The van der Waals surface area contributed by atoms with Gasteiger partial charge in [-0.25, -0.2) is 4.98 Å². The maximum Gasteiger partial charge on any atom is 0.0907 e. The van der Waals surface area contributed by atoms with Crippen LogP contribution in [0.5, 0.6) is 0 Å². The van der Waals surface area contributed by atoms with E-state index < -0.39 is 0 Å². The molecule has 0 saturated carbocycles. The van der Waals surface area contributed by atoms with E-state index in [2.05, 4.69) is 35.4 Å². The first-order valence-electron chi connectivity index (χ1n) is 5.94. The Morgan fingerprint density at radius 1 is 1.47 bits per heavy atom. The molecule has 0 spiro atoms. The van der Waals surface area contributed by atoms with Crippen LogP contribution in [0.25, 0.3) is 10.2 Å². The van der Waals surface area contributed by atoms with Crippen LogP contribution in [0.3, 0.4) is 0 Å². The first-order chi connectivity index (χ1) is 8.22. The van der Waals surface area contributed by atoms with E-state index in [0.717, 1.165) is 23.7 Å². The molecule has 0 aliphatic carbocycles. The van der Waals surface area contributed by atoms with E-state index in [1.54, 1.807) is 11.3 Å². The van der Waals surface area contributed by atoms with Crippen molar-refractivity contribution >= 4 is 21.6 Å². The van der Waals surface area contributed by atoms with Gasteiger partial charge >= 0.3 is 0 Å². The number of nitrogens with one attached hydrogen (secondary N) is 1. The van der Waals surface area contributed by atoms with Crippen molar-refractivity contribution in [3.05, 3.63) is 28.8 Å². The molecule has 0 bridgehead atoms. The van der Waals surface area contributed by atoms with E-state index in [4.69, 9.17) is 4.74 Å². The molecule has 3 nitrogen and oxygen atoms in total. The number of ether oxygens (including phenoxy) is 1. The zero-order chi connectivity index (χ0) is 11.8. The summed E-state index contributed by atoms with van der Waals surface area (Å²) in [7, 11) is 0. The molecule has 17 heavy (non-hydrogen) atoms. The van der Waals surface area contributed by atoms with Crippen LogP contribution in [-0.4, -0.2) is 24.2 Å². The molecule has 1 aromatic heterocycles. The maximum absolute atomic E-state index is 5.68. The van der Waals surface area contributed by atoms with E-state index in [0.29, 0.717) is 12.1 Å². The van der Waals surface area contributed by atoms with Gasteiger partial charge < -0.3 is 10.1 Å². The topological polar surface area (TPSA) is 34.1 Å². The molecule has 0 amide bonds. The molecule has 2 atom stereocenters. The molecule has 1 unspecified atom stereocenters. The van der Waals surface area contributed by atoms with Crippen molar-refractivity contribution in [3.8, 4) is 0 Å². The summed E-state index contributed by atoms with van der Waals surface area (Å²) in [5.74, 6) is 0. The van der Waals surface area contributed by atoms with Gasteiger partial charge in [0.2, 0.25) is 0 Å². The molecule has 3 rings (SSSR count). The highest BCUT2D eigenvalue weighted by molar-refractivity contribution is 7.18. The molecule has 1 aromatic carbocycles. The van der Waals surface area contributed by atoms with Crippen LogP contribution in [-0.2, 0) is 4.74 Å². The molecule has 1 aliphatic rings. The van der Waals surface area contributed by atoms with Crippen LogP contribution in [0, 0.1) is 6.92 Å². The molecule has 90 valence electrons. The summed E-state index contributed by atoms with van der Waals surface area (Å²) in [6, 6.07) is 6.82. The van der Waals surface area contributed by atoms with Gasteiger partial charge in [-0.15, -0.1) is 11.3 Å². The van der Waals surface area contributed by atoms with Crippen LogP contribution in [0.1, 0.15) is 23.5 Å². The largest absolute Gasteiger partial charge is 0.375 e. The Bertz CT molecular complexity index is 529. The Morgan fingerprint density at radius 3 is 3.12 bits per heavy atom. The van der Waals surface area contributed by atoms with E-state index in [1.807, 2.05) is 6.92 Å². The van der Waals surface area contributed by atoms with E-state index in [9.17, 15) is 0 Å². The Kier molecular flexibility index (Phi) is 2.86. The van der Waals surface area contributed by atoms with Gasteiger partial charge in [0.25, 0.3) is 0 Å². The standard InChI is InChI=1S/C13H16N2OS/c1-8-6-14-12(7-16-8)10-3-4-13-11(5-10)15-9(2)17-13/h3-5,8,12,14H,6-7H2,1-2H3/t8-,12?/m1/s1. The number of fused-ring (bicyclic) bond motifs is 1. The zero-order valence-corrected chi connectivity index (χ0v) is 10.9. The fourth-order valence-corrected chi connectivity index (χ4v) is 2.98. The second kappa shape index (κ2) is 4.37. The Balaban J connectivity index is 1.89. The Labute approximate surface area is 105 Å². The van der Waals surface area contributed by atoms with Gasteiger partial charge in [-0.1, -0.05) is 6.07 Å². The lowest BCUT2D eigenvalue weighted by Crippen LogP contribution is -2.39. The first-order valence-corrected chi connectivity index (χ1v) is 6.76. The van der Waals surface area contributed by atoms with Crippen molar-refractivity contribution in [1.82, 2.24) is 10.3 Å². The molecule has 2 heterocycles. The minimum absolute atomic E-state index is 0.303. The second-order valence-electron chi connectivity index (χ2n) is 4.56. The summed E-state index contributed by atoms with van der Waals surface area (Å²) in [4.78, 5) is 4.53. The average Bonchev–Trinajstić information content (AvgIpc) is 2.69. The van der Waals surface area contributed by atoms with Gasteiger partial charge in [-0.05, 0) is 31.5 Å². The van der Waals surface area contributed by atoms with Gasteiger partial charge in [0.05, 0.1) is 34.0 Å². The van der Waals surface area contributed by atoms with Crippen LogP contribution >= 0.6 is 11.3 Å². The number of aromatic nitrogens is 1. The maximum atomic E-state index is 5.68. The van der Waals surface area contributed by atoms with Gasteiger partial charge in [-0.3, -0.25) is 0 Å². The van der Waals surface area contributed by atoms with E-state index >= 15 is 0 Å². The first kappa shape index (κ1) is 11.1. The summed E-state index contributed by atoms with van der Waals surface area (Å²) in [6.45, 7) is 5.80. The lowest BCUT2D eigenvalue weighted by Gasteiger charge is -2.28. The van der Waals surface area contributed by atoms with Crippen LogP contribution in [0.4, 0.5) is 0 Å². The summed E-state index contributed by atoms with van der Waals surface area (Å²) < 4.78 is 6.94. The fourth-order valence-electron chi connectivity index (χ4n) is 2.18. The highest BCUT2D eigenvalue weighted by atomic mass is 32.1. The number of benzene rings is 1. The molecular formula is C13H16N2OS. The summed E-state index contributed by atoms with van der Waals surface area (Å²) in [5, 5.41) is 4.63. The summed E-state index contributed by atoms with van der Waals surface area (Å²) in [6.07, 6.45) is 0.316. The van der Waals surface area contributed by atoms with Gasteiger partial charge in [0.15, 0.2) is 0 Å². The third kappa shape index (κ3) is 2.20. The quantitative estimate of drug-likeness (QED) is 0.842. The Morgan fingerprint density at radius 2 is 2.35 bits per heavy atom. The number of hydrogen-bond acceptors (Lipinski definition) is 4. The highest BCUT2D eigenvalue weighted by Gasteiger charge is 2.19. The zero-order valence-electron chi connectivity index (χ0n) is 10.1. The summed E-state index contributed by atoms with van der Waals surface area (Å²) >= 11 is 1.75. The third-order valence-electron chi connectivity index (χ3n) is 3.12. The van der Waals surface area contributed by atoms with Crippen molar-refractivity contribution in [2.75, 3.05) is 13.2 Å². The van der Waals surface area contributed by atoms with Crippen LogP contribution in [0.2, 0.25) is 0 Å². The minimum Gasteiger partial charge on any atom is -0.375 e. The van der Waals surface area contributed by atoms with Gasteiger partial charge in [0, 0.05) is 6.54 Å². The van der Waals surface area contributed by atoms with E-state index in [-0.39, 0.29) is 0 Å². The van der Waals surface area contributed by atoms with E-state index in [1.165, 1.54) is 10.3 Å².